The van der Waals surface area contributed by atoms with Crippen LogP contribution in [0.4, 0.5) is 0 Å². The van der Waals surface area contributed by atoms with Crippen LogP contribution in [-0.2, 0) is 0 Å². The van der Waals surface area contributed by atoms with Crippen molar-refractivity contribution in [3.05, 3.63) is 75.9 Å². The first-order chi connectivity index (χ1) is 12.0. The van der Waals surface area contributed by atoms with Crippen LogP contribution in [0.15, 0.2) is 53.6 Å². The molecule has 1 heterocycles. The summed E-state index contributed by atoms with van der Waals surface area (Å²) in [5.74, 6) is -0.360. The first-order valence-corrected chi connectivity index (χ1v) is 8.13. The van der Waals surface area contributed by atoms with Crippen LogP contribution in [0.25, 0.3) is 11.3 Å². The largest absolute Gasteiger partial charge is 0.289 e. The van der Waals surface area contributed by atoms with Crippen molar-refractivity contribution in [1.29, 1.82) is 0 Å². The fourth-order valence-electron chi connectivity index (χ4n) is 2.30. The summed E-state index contributed by atoms with van der Waals surface area (Å²) in [5, 5.41) is 11.5. The highest BCUT2D eigenvalue weighted by atomic mass is 35.5. The minimum absolute atomic E-state index is 0.344. The zero-order chi connectivity index (χ0) is 17.8. The number of aromatic amines is 1. The van der Waals surface area contributed by atoms with Gasteiger partial charge in [-0.2, -0.15) is 10.2 Å². The zero-order valence-corrected chi connectivity index (χ0v) is 14.6. The minimum atomic E-state index is -0.360. The topological polar surface area (TPSA) is 70.1 Å². The van der Waals surface area contributed by atoms with Crippen LogP contribution < -0.4 is 5.43 Å². The van der Waals surface area contributed by atoms with Gasteiger partial charge in [-0.1, -0.05) is 35.9 Å². The normalized spacial score (nSPS) is 11.0. The third kappa shape index (κ3) is 4.14. The molecule has 0 aliphatic carbocycles. The SMILES string of the molecule is Cc1ccc(-c2cc(C(=O)N/N=C/c3cccc(Cl)c3)[nH]n2)cc1C. The number of halogens is 1. The smallest absolute Gasteiger partial charge is 0.272 e. The molecule has 5 nitrogen and oxygen atoms in total. The number of hydrazone groups is 1. The van der Waals surface area contributed by atoms with Gasteiger partial charge in [0.15, 0.2) is 0 Å². The summed E-state index contributed by atoms with van der Waals surface area (Å²) < 4.78 is 0. The van der Waals surface area contributed by atoms with E-state index >= 15 is 0 Å². The Bertz CT molecular complexity index is 946. The van der Waals surface area contributed by atoms with Crippen molar-refractivity contribution in [1.82, 2.24) is 15.6 Å². The lowest BCUT2D eigenvalue weighted by molar-refractivity contribution is 0.0950. The summed E-state index contributed by atoms with van der Waals surface area (Å²) in [6.07, 6.45) is 1.53. The zero-order valence-electron chi connectivity index (χ0n) is 13.9. The molecule has 6 heteroatoms. The van der Waals surface area contributed by atoms with E-state index in [9.17, 15) is 4.79 Å². The third-order valence-corrected chi connectivity index (χ3v) is 4.09. The molecule has 0 aliphatic rings. The second-order valence-corrected chi connectivity index (χ2v) is 6.16. The molecule has 0 unspecified atom stereocenters. The summed E-state index contributed by atoms with van der Waals surface area (Å²) in [6.45, 7) is 4.10. The van der Waals surface area contributed by atoms with Crippen molar-refractivity contribution in [3.63, 3.8) is 0 Å². The molecule has 1 aromatic heterocycles. The molecule has 0 spiro atoms. The minimum Gasteiger partial charge on any atom is -0.272 e. The predicted octanol–water partition coefficient (Wildman–Crippen LogP) is 4.11. The Balaban J connectivity index is 1.69. The number of carbonyl (C=O) groups is 1. The molecule has 0 saturated carbocycles. The maximum absolute atomic E-state index is 12.1. The predicted molar refractivity (Wildman–Crippen MR) is 100 cm³/mol. The first-order valence-electron chi connectivity index (χ1n) is 7.75. The summed E-state index contributed by atoms with van der Waals surface area (Å²) in [5.41, 5.74) is 7.68. The van der Waals surface area contributed by atoms with Crippen molar-refractivity contribution in [2.45, 2.75) is 13.8 Å². The van der Waals surface area contributed by atoms with Gasteiger partial charge in [0, 0.05) is 10.6 Å². The molecule has 1 amide bonds. The summed E-state index contributed by atoms with van der Waals surface area (Å²) in [6, 6.07) is 15.0. The first kappa shape index (κ1) is 16.9. The Kier molecular flexibility index (Phi) is 4.95. The van der Waals surface area contributed by atoms with Crippen LogP contribution in [0.2, 0.25) is 5.02 Å². The molecule has 3 rings (SSSR count). The summed E-state index contributed by atoms with van der Waals surface area (Å²) >= 11 is 5.90. The average molecular weight is 353 g/mol. The van der Waals surface area contributed by atoms with Crippen LogP contribution in [-0.4, -0.2) is 22.3 Å². The lowest BCUT2D eigenvalue weighted by Crippen LogP contribution is -2.17. The fourth-order valence-corrected chi connectivity index (χ4v) is 2.50. The Labute approximate surface area is 150 Å². The van der Waals surface area contributed by atoms with E-state index in [-0.39, 0.29) is 5.91 Å². The summed E-state index contributed by atoms with van der Waals surface area (Å²) in [4.78, 5) is 12.1. The van der Waals surface area contributed by atoms with E-state index in [1.54, 1.807) is 18.2 Å². The number of benzene rings is 2. The third-order valence-electron chi connectivity index (χ3n) is 3.85. The van der Waals surface area contributed by atoms with Gasteiger partial charge in [-0.25, -0.2) is 5.43 Å². The average Bonchev–Trinajstić information content (AvgIpc) is 3.07. The molecule has 0 radical (unpaired) electrons. The highest BCUT2D eigenvalue weighted by molar-refractivity contribution is 6.30. The molecule has 2 N–H and O–H groups in total. The van der Waals surface area contributed by atoms with Crippen LogP contribution in [0.1, 0.15) is 27.2 Å². The van der Waals surface area contributed by atoms with E-state index in [0.29, 0.717) is 16.4 Å². The van der Waals surface area contributed by atoms with Gasteiger partial charge < -0.3 is 0 Å². The number of H-pyrrole nitrogens is 1. The lowest BCUT2D eigenvalue weighted by Gasteiger charge is -2.01. The Morgan fingerprint density at radius 1 is 1.16 bits per heavy atom. The molecule has 25 heavy (non-hydrogen) atoms. The van der Waals surface area contributed by atoms with E-state index in [2.05, 4.69) is 27.6 Å². The number of aromatic nitrogens is 2. The molecule has 2 aromatic carbocycles. The molecule has 0 fully saturated rings. The summed E-state index contributed by atoms with van der Waals surface area (Å²) in [7, 11) is 0. The molecule has 3 aromatic rings. The number of nitrogens with one attached hydrogen (secondary N) is 2. The van der Waals surface area contributed by atoms with E-state index in [1.165, 1.54) is 17.3 Å². The van der Waals surface area contributed by atoms with Crippen molar-refractivity contribution in [2.75, 3.05) is 0 Å². The van der Waals surface area contributed by atoms with E-state index in [1.807, 2.05) is 37.3 Å². The number of rotatable bonds is 4. The van der Waals surface area contributed by atoms with Gasteiger partial charge in [-0.05, 0) is 54.8 Å². The molecule has 0 atom stereocenters. The van der Waals surface area contributed by atoms with E-state index in [4.69, 9.17) is 11.6 Å². The Morgan fingerprint density at radius 3 is 2.76 bits per heavy atom. The second-order valence-electron chi connectivity index (χ2n) is 5.72. The Hall–Kier alpha value is -2.92. The monoisotopic (exact) mass is 352 g/mol. The highest BCUT2D eigenvalue weighted by Crippen LogP contribution is 2.20. The number of aryl methyl sites for hydroxylation is 2. The highest BCUT2D eigenvalue weighted by Gasteiger charge is 2.10. The molecular formula is C19H17ClN4O. The molecular weight excluding hydrogens is 336 g/mol. The van der Waals surface area contributed by atoms with Crippen molar-refractivity contribution < 1.29 is 4.79 Å². The van der Waals surface area contributed by atoms with Crippen LogP contribution >= 0.6 is 11.6 Å². The Morgan fingerprint density at radius 2 is 2.00 bits per heavy atom. The van der Waals surface area contributed by atoms with Gasteiger partial charge in [-0.3, -0.25) is 9.89 Å². The standard InChI is InChI=1S/C19H17ClN4O/c1-12-6-7-15(8-13(12)2)17-10-18(23-22-17)19(25)24-21-11-14-4-3-5-16(20)9-14/h3-11H,1-2H3,(H,22,23)(H,24,25)/b21-11+. The molecule has 0 aliphatic heterocycles. The van der Waals surface area contributed by atoms with Crippen LogP contribution in [0, 0.1) is 13.8 Å². The van der Waals surface area contributed by atoms with Crippen LogP contribution in [0.5, 0.6) is 0 Å². The molecule has 0 saturated heterocycles. The van der Waals surface area contributed by atoms with Gasteiger partial charge in [0.2, 0.25) is 0 Å². The van der Waals surface area contributed by atoms with Gasteiger partial charge in [0.25, 0.3) is 5.91 Å². The maximum Gasteiger partial charge on any atom is 0.289 e. The van der Waals surface area contributed by atoms with Gasteiger partial charge >= 0.3 is 0 Å². The second kappa shape index (κ2) is 7.32. The number of nitrogens with zero attached hydrogens (tertiary/aromatic N) is 2. The maximum atomic E-state index is 12.1. The molecule has 126 valence electrons. The fraction of sp³-hybridized carbons (Fsp3) is 0.105. The number of carbonyl (C=O) groups excluding carboxylic acids is 1. The van der Waals surface area contributed by atoms with Crippen molar-refractivity contribution in [3.8, 4) is 11.3 Å². The van der Waals surface area contributed by atoms with E-state index in [0.717, 1.165) is 11.1 Å². The molecule has 0 bridgehead atoms. The van der Waals surface area contributed by atoms with E-state index < -0.39 is 0 Å². The van der Waals surface area contributed by atoms with Gasteiger partial charge in [-0.15, -0.1) is 0 Å². The van der Waals surface area contributed by atoms with Crippen molar-refractivity contribution in [2.24, 2.45) is 5.10 Å². The van der Waals surface area contributed by atoms with Gasteiger partial charge in [0.1, 0.15) is 5.69 Å². The lowest BCUT2D eigenvalue weighted by atomic mass is 10.0. The quantitative estimate of drug-likeness (QED) is 0.548. The number of hydrogen-bond donors (Lipinski definition) is 2. The van der Waals surface area contributed by atoms with Crippen LogP contribution in [0.3, 0.4) is 0 Å². The number of amides is 1. The van der Waals surface area contributed by atoms with Gasteiger partial charge in [0.05, 0.1) is 11.9 Å². The number of hydrogen-bond acceptors (Lipinski definition) is 3. The van der Waals surface area contributed by atoms with Crippen molar-refractivity contribution >= 4 is 23.7 Å².